The van der Waals surface area contributed by atoms with Gasteiger partial charge in [0.1, 0.15) is 0 Å². The van der Waals surface area contributed by atoms with Crippen molar-refractivity contribution >= 4 is 0 Å². The van der Waals surface area contributed by atoms with Crippen LogP contribution >= 0.6 is 0 Å². The molecule has 3 nitrogen and oxygen atoms in total. The minimum atomic E-state index is 0.272. The molecule has 1 aliphatic rings. The zero-order valence-electron chi connectivity index (χ0n) is 29.5. The van der Waals surface area contributed by atoms with Crippen molar-refractivity contribution in [2.24, 2.45) is 0 Å². The van der Waals surface area contributed by atoms with Crippen LogP contribution in [-0.4, -0.2) is 50.5 Å². The first kappa shape index (κ1) is 40.4. The van der Waals surface area contributed by atoms with Crippen molar-refractivity contribution in [2.75, 3.05) is 39.5 Å². The third-order valence-corrected chi connectivity index (χ3v) is 9.08. The Morgan fingerprint density at radius 2 is 0.930 bits per heavy atom. The fraction of sp³-hybridized carbons (Fsp3) is 0.900. The molecule has 0 bridgehead atoms. The van der Waals surface area contributed by atoms with Crippen LogP contribution in [0.4, 0.5) is 0 Å². The highest BCUT2D eigenvalue weighted by Crippen LogP contribution is 2.13. The van der Waals surface area contributed by atoms with Gasteiger partial charge in [-0.05, 0) is 96.6 Å². The lowest BCUT2D eigenvalue weighted by Gasteiger charge is -2.22. The Morgan fingerprint density at radius 3 is 1.42 bits per heavy atom. The van der Waals surface area contributed by atoms with Gasteiger partial charge in [-0.15, -0.1) is 0 Å². The van der Waals surface area contributed by atoms with Gasteiger partial charge in [0.05, 0.1) is 12.7 Å². The lowest BCUT2D eigenvalue weighted by Crippen LogP contribution is -2.28. The Labute approximate surface area is 271 Å². The molecule has 0 aliphatic carbocycles. The van der Waals surface area contributed by atoms with E-state index >= 15 is 0 Å². The Kier molecular flexibility index (Phi) is 32.2. The minimum absolute atomic E-state index is 0.272. The molecule has 0 N–H and O–H groups in total. The first-order valence-electron chi connectivity index (χ1n) is 19.6. The van der Waals surface area contributed by atoms with Gasteiger partial charge in [0.2, 0.25) is 0 Å². The van der Waals surface area contributed by atoms with Crippen molar-refractivity contribution in [2.45, 2.75) is 193 Å². The maximum atomic E-state index is 6.37. The van der Waals surface area contributed by atoms with E-state index in [0.29, 0.717) is 0 Å². The van der Waals surface area contributed by atoms with Crippen molar-refractivity contribution in [1.82, 2.24) is 4.90 Å². The van der Waals surface area contributed by atoms with Crippen LogP contribution < -0.4 is 0 Å². The first-order chi connectivity index (χ1) is 21.4. The Bertz CT molecular complexity index is 583. The third kappa shape index (κ3) is 29.8. The molecule has 254 valence electrons. The van der Waals surface area contributed by atoms with Crippen molar-refractivity contribution in [3.05, 3.63) is 24.3 Å². The molecule has 0 aromatic heterocycles. The monoisotopic (exact) mass is 604 g/mol. The number of ether oxygens (including phenoxy) is 2. The Morgan fingerprint density at radius 1 is 0.512 bits per heavy atom. The molecule has 0 saturated carbocycles. The van der Waals surface area contributed by atoms with E-state index in [9.17, 15) is 0 Å². The second-order valence-electron chi connectivity index (χ2n) is 13.4. The number of nitrogens with zero attached hydrogens (tertiary/aromatic N) is 1. The molecule has 1 heterocycles. The minimum Gasteiger partial charge on any atom is -0.379 e. The molecule has 43 heavy (non-hydrogen) atoms. The normalized spacial score (nSPS) is 15.0. The van der Waals surface area contributed by atoms with Crippen LogP contribution in [0.25, 0.3) is 0 Å². The second-order valence-corrected chi connectivity index (χ2v) is 13.4. The summed E-state index contributed by atoms with van der Waals surface area (Å²) in [6.07, 6.45) is 45.8. The highest BCUT2D eigenvalue weighted by Gasteiger charge is 2.15. The molecule has 3 heteroatoms. The average Bonchev–Trinajstić information content (AvgIpc) is 3.55. The predicted molar refractivity (Wildman–Crippen MR) is 191 cm³/mol. The Hall–Kier alpha value is -0.640. The smallest absolute Gasteiger partial charge is 0.0820 e. The number of unbranched alkanes of at least 4 members (excludes halogenated alkanes) is 20. The molecule has 1 unspecified atom stereocenters. The lowest BCUT2D eigenvalue weighted by molar-refractivity contribution is -0.0255. The summed E-state index contributed by atoms with van der Waals surface area (Å²) in [5, 5.41) is 0. The largest absolute Gasteiger partial charge is 0.379 e. The summed E-state index contributed by atoms with van der Waals surface area (Å²) in [5.74, 6) is 0. The van der Waals surface area contributed by atoms with Gasteiger partial charge in [-0.3, -0.25) is 0 Å². The van der Waals surface area contributed by atoms with Crippen LogP contribution in [0.2, 0.25) is 0 Å². The lowest BCUT2D eigenvalue weighted by atomic mass is 10.1. The van der Waals surface area contributed by atoms with E-state index in [1.165, 1.54) is 187 Å². The van der Waals surface area contributed by atoms with Crippen molar-refractivity contribution in [1.29, 1.82) is 0 Å². The molecular formula is C40H77NO2. The molecular weight excluding hydrogens is 526 g/mol. The first-order valence-corrected chi connectivity index (χ1v) is 19.6. The van der Waals surface area contributed by atoms with Gasteiger partial charge < -0.3 is 14.4 Å². The van der Waals surface area contributed by atoms with Gasteiger partial charge in [-0.2, -0.15) is 0 Å². The topological polar surface area (TPSA) is 21.7 Å². The van der Waals surface area contributed by atoms with E-state index in [2.05, 4.69) is 43.1 Å². The summed E-state index contributed by atoms with van der Waals surface area (Å²) in [4.78, 5) is 2.61. The number of likely N-dealkylation sites (tertiary alicyclic amines) is 1. The van der Waals surface area contributed by atoms with Crippen molar-refractivity contribution < 1.29 is 9.47 Å². The van der Waals surface area contributed by atoms with E-state index in [1.54, 1.807) is 0 Å². The zero-order chi connectivity index (χ0) is 30.7. The third-order valence-electron chi connectivity index (χ3n) is 9.08. The summed E-state index contributed by atoms with van der Waals surface area (Å²) < 4.78 is 12.5. The zero-order valence-corrected chi connectivity index (χ0v) is 29.5. The van der Waals surface area contributed by atoms with Gasteiger partial charge in [0.25, 0.3) is 0 Å². The van der Waals surface area contributed by atoms with Crippen LogP contribution in [0.15, 0.2) is 24.3 Å². The van der Waals surface area contributed by atoms with Gasteiger partial charge in [-0.25, -0.2) is 0 Å². The summed E-state index contributed by atoms with van der Waals surface area (Å²) >= 11 is 0. The predicted octanol–water partition coefficient (Wildman–Crippen LogP) is 12.4. The van der Waals surface area contributed by atoms with Crippen LogP contribution in [-0.2, 0) is 9.47 Å². The SMILES string of the molecule is CCCCCC/C=C/CCCCCCCCOCC(CCN1CCCC1)OCCCCCCCC/C=C/CCCCCC. The summed E-state index contributed by atoms with van der Waals surface area (Å²) in [7, 11) is 0. The van der Waals surface area contributed by atoms with Gasteiger partial charge in [0.15, 0.2) is 0 Å². The molecule has 0 amide bonds. The van der Waals surface area contributed by atoms with Crippen LogP contribution in [0.3, 0.4) is 0 Å². The number of allylic oxidation sites excluding steroid dienone is 4. The molecule has 1 rings (SSSR count). The Balaban J connectivity index is 1.99. The second kappa shape index (κ2) is 34.2. The highest BCUT2D eigenvalue weighted by molar-refractivity contribution is 4.82. The maximum absolute atomic E-state index is 6.37. The fourth-order valence-corrected chi connectivity index (χ4v) is 6.11. The van der Waals surface area contributed by atoms with Crippen LogP contribution in [0.5, 0.6) is 0 Å². The maximum Gasteiger partial charge on any atom is 0.0820 e. The molecule has 1 fully saturated rings. The molecule has 1 atom stereocenters. The van der Waals surface area contributed by atoms with E-state index in [4.69, 9.17) is 9.47 Å². The van der Waals surface area contributed by atoms with Gasteiger partial charge >= 0.3 is 0 Å². The molecule has 0 aromatic carbocycles. The quantitative estimate of drug-likeness (QED) is 0.0539. The molecule has 1 saturated heterocycles. The van der Waals surface area contributed by atoms with E-state index in [-0.39, 0.29) is 6.10 Å². The average molecular weight is 604 g/mol. The molecule has 0 aromatic rings. The van der Waals surface area contributed by atoms with Crippen LogP contribution in [0.1, 0.15) is 187 Å². The van der Waals surface area contributed by atoms with E-state index in [0.717, 1.165) is 26.2 Å². The number of hydrogen-bond acceptors (Lipinski definition) is 3. The van der Waals surface area contributed by atoms with Gasteiger partial charge in [0, 0.05) is 19.8 Å². The summed E-state index contributed by atoms with van der Waals surface area (Å²) in [6.45, 7) is 10.9. The summed E-state index contributed by atoms with van der Waals surface area (Å²) in [6, 6.07) is 0. The number of hydrogen-bond donors (Lipinski definition) is 0. The van der Waals surface area contributed by atoms with E-state index < -0.39 is 0 Å². The molecule has 1 aliphatic heterocycles. The van der Waals surface area contributed by atoms with E-state index in [1.807, 2.05) is 0 Å². The van der Waals surface area contributed by atoms with Crippen molar-refractivity contribution in [3.63, 3.8) is 0 Å². The summed E-state index contributed by atoms with van der Waals surface area (Å²) in [5.41, 5.74) is 0. The molecule has 0 spiro atoms. The highest BCUT2D eigenvalue weighted by atomic mass is 16.5. The number of rotatable bonds is 34. The molecule has 0 radical (unpaired) electrons. The standard InChI is InChI=1S/C40H77NO2/c1-3-5-7-9-11-13-15-17-19-21-23-25-27-31-37-42-39-40(33-36-41-34-29-30-35-41)43-38-32-28-26-24-22-20-18-16-14-12-10-8-6-4-2/h13-16,40H,3-12,17-39H2,1-2H3/b15-13+,16-14+. The fourth-order valence-electron chi connectivity index (χ4n) is 6.11. The van der Waals surface area contributed by atoms with Gasteiger partial charge in [-0.1, -0.05) is 128 Å². The van der Waals surface area contributed by atoms with Crippen molar-refractivity contribution in [3.8, 4) is 0 Å². The van der Waals surface area contributed by atoms with Crippen LogP contribution in [0, 0.1) is 0 Å².